The Bertz CT molecular complexity index is 1200. The number of aromatic nitrogens is 2. The molecule has 2 aromatic carbocycles. The molecule has 0 unspecified atom stereocenters. The van der Waals surface area contributed by atoms with Crippen LogP contribution in [0.3, 0.4) is 0 Å². The van der Waals surface area contributed by atoms with E-state index in [9.17, 15) is 4.39 Å². The average Bonchev–Trinajstić information content (AvgIpc) is 3.41. The highest BCUT2D eigenvalue weighted by atomic mass is 35.5. The van der Waals surface area contributed by atoms with Gasteiger partial charge in [-0.2, -0.15) is 0 Å². The van der Waals surface area contributed by atoms with Crippen LogP contribution in [0.15, 0.2) is 30.6 Å². The summed E-state index contributed by atoms with van der Waals surface area (Å²) < 4.78 is 43.4. The molecule has 1 aromatic heterocycles. The topological polar surface area (TPSA) is 84.0 Å². The molecule has 2 aliphatic rings. The van der Waals surface area contributed by atoms with E-state index in [0.29, 0.717) is 41.4 Å². The molecule has 0 aliphatic carbocycles. The number of nitrogens with one attached hydrogen (secondary N) is 1. The van der Waals surface area contributed by atoms with Gasteiger partial charge in [-0.25, -0.2) is 14.4 Å². The minimum Gasteiger partial charge on any atom is -0.493 e. The van der Waals surface area contributed by atoms with E-state index < -0.39 is 5.82 Å². The molecule has 5 rings (SSSR count). The molecule has 2 saturated heterocycles. The van der Waals surface area contributed by atoms with Crippen molar-refractivity contribution in [3.05, 3.63) is 46.5 Å². The number of ether oxygens (including phenoxy) is 5. The van der Waals surface area contributed by atoms with E-state index in [4.69, 9.17) is 46.9 Å². The lowest BCUT2D eigenvalue weighted by atomic mass is 10.1. The molecule has 0 radical (unpaired) electrons. The zero-order valence-corrected chi connectivity index (χ0v) is 20.4. The summed E-state index contributed by atoms with van der Waals surface area (Å²) in [7, 11) is 3.17. The Morgan fingerprint density at radius 3 is 2.50 bits per heavy atom. The van der Waals surface area contributed by atoms with Crippen molar-refractivity contribution in [1.82, 2.24) is 9.97 Å². The molecule has 2 fully saturated rings. The van der Waals surface area contributed by atoms with Gasteiger partial charge in [0.15, 0.2) is 23.4 Å². The second-order valence-electron chi connectivity index (χ2n) is 7.62. The predicted octanol–water partition coefficient (Wildman–Crippen LogP) is 4.81. The van der Waals surface area contributed by atoms with Gasteiger partial charge in [0.1, 0.15) is 30.5 Å². The van der Waals surface area contributed by atoms with E-state index in [1.165, 1.54) is 25.6 Å². The standard InChI is InChI=1S/C22H20Cl2FN3O5.ClH/c1-29-14-5-10-13(6-15(14)33-17-8-32-20-16(30-2)7-31-21(17)20)26-9-27-22(10)28-12-4-3-11(23)18(24)19(12)25;/h3-6,9,16-17,20-21H,7-8H2,1-2H3,(H,26,27,28);1H/t16-,17-,20+,21+;/m0./s1. The fourth-order valence-corrected chi connectivity index (χ4v) is 4.37. The van der Waals surface area contributed by atoms with Crippen LogP contribution in [0.25, 0.3) is 10.9 Å². The van der Waals surface area contributed by atoms with Gasteiger partial charge in [0.25, 0.3) is 0 Å². The summed E-state index contributed by atoms with van der Waals surface area (Å²) in [5.74, 6) is 0.631. The Labute approximate surface area is 211 Å². The normalized spacial score (nSPS) is 23.4. The van der Waals surface area contributed by atoms with Crippen LogP contribution in [0.1, 0.15) is 0 Å². The third-order valence-electron chi connectivity index (χ3n) is 5.75. The van der Waals surface area contributed by atoms with Crippen LogP contribution < -0.4 is 14.8 Å². The summed E-state index contributed by atoms with van der Waals surface area (Å²) in [5, 5.41) is 3.50. The van der Waals surface area contributed by atoms with E-state index in [1.54, 1.807) is 19.2 Å². The lowest BCUT2D eigenvalue weighted by Gasteiger charge is -2.20. The number of benzene rings is 2. The Kier molecular flexibility index (Phi) is 7.51. The molecule has 3 heterocycles. The molecule has 0 saturated carbocycles. The first-order valence-electron chi connectivity index (χ1n) is 10.2. The van der Waals surface area contributed by atoms with Gasteiger partial charge in [0.2, 0.25) is 0 Å². The van der Waals surface area contributed by atoms with Crippen molar-refractivity contribution in [1.29, 1.82) is 0 Å². The molecule has 0 bridgehead atoms. The Morgan fingerprint density at radius 1 is 1.03 bits per heavy atom. The number of anilines is 2. The minimum atomic E-state index is -0.676. The fraction of sp³-hybridized carbons (Fsp3) is 0.364. The molecule has 34 heavy (non-hydrogen) atoms. The molecule has 182 valence electrons. The number of hydrogen-bond donors (Lipinski definition) is 1. The van der Waals surface area contributed by atoms with Gasteiger partial charge >= 0.3 is 0 Å². The second-order valence-corrected chi connectivity index (χ2v) is 8.40. The number of halogens is 4. The number of rotatable bonds is 6. The molecule has 12 heteroatoms. The maximum atomic E-state index is 14.5. The smallest absolute Gasteiger partial charge is 0.166 e. The summed E-state index contributed by atoms with van der Waals surface area (Å²) in [4.78, 5) is 8.58. The maximum Gasteiger partial charge on any atom is 0.166 e. The van der Waals surface area contributed by atoms with Crippen LogP contribution >= 0.6 is 35.6 Å². The van der Waals surface area contributed by atoms with E-state index in [1.807, 2.05) is 0 Å². The van der Waals surface area contributed by atoms with E-state index in [0.717, 1.165) is 0 Å². The van der Waals surface area contributed by atoms with Crippen molar-refractivity contribution in [2.45, 2.75) is 24.4 Å². The van der Waals surface area contributed by atoms with Crippen molar-refractivity contribution < 1.29 is 28.1 Å². The third kappa shape index (κ3) is 4.44. The highest BCUT2D eigenvalue weighted by molar-refractivity contribution is 6.42. The van der Waals surface area contributed by atoms with Crippen LogP contribution in [0, 0.1) is 5.82 Å². The first-order chi connectivity index (χ1) is 16.0. The summed E-state index contributed by atoms with van der Waals surface area (Å²) in [6.45, 7) is 0.817. The van der Waals surface area contributed by atoms with Crippen LogP contribution in [0.2, 0.25) is 10.0 Å². The minimum absolute atomic E-state index is 0. The molecule has 0 amide bonds. The first-order valence-corrected chi connectivity index (χ1v) is 10.9. The average molecular weight is 533 g/mol. The fourth-order valence-electron chi connectivity index (χ4n) is 4.06. The highest BCUT2D eigenvalue weighted by Crippen LogP contribution is 2.39. The van der Waals surface area contributed by atoms with Crippen LogP contribution in [0.5, 0.6) is 11.5 Å². The summed E-state index contributed by atoms with van der Waals surface area (Å²) in [5.41, 5.74) is 0.699. The largest absolute Gasteiger partial charge is 0.493 e. The van der Waals surface area contributed by atoms with Crippen molar-refractivity contribution in [2.75, 3.05) is 32.8 Å². The number of fused-ring (bicyclic) bond motifs is 2. The zero-order valence-electron chi connectivity index (χ0n) is 18.1. The predicted molar refractivity (Wildman–Crippen MR) is 128 cm³/mol. The molecule has 0 spiro atoms. The number of hydrogen-bond acceptors (Lipinski definition) is 8. The molecule has 2 aliphatic heterocycles. The van der Waals surface area contributed by atoms with E-state index in [-0.39, 0.29) is 52.6 Å². The molecular formula is C22H21Cl3FN3O5. The van der Waals surface area contributed by atoms with Gasteiger partial charge in [-0.05, 0) is 18.2 Å². The monoisotopic (exact) mass is 531 g/mol. The first kappa shape index (κ1) is 25.0. The molecule has 8 nitrogen and oxygen atoms in total. The van der Waals surface area contributed by atoms with Gasteiger partial charge in [-0.15, -0.1) is 12.4 Å². The Morgan fingerprint density at radius 2 is 1.76 bits per heavy atom. The van der Waals surface area contributed by atoms with Crippen LogP contribution in [-0.4, -0.2) is 61.8 Å². The van der Waals surface area contributed by atoms with Gasteiger partial charge in [0.05, 0.1) is 41.6 Å². The quantitative estimate of drug-likeness (QED) is 0.453. The van der Waals surface area contributed by atoms with Crippen molar-refractivity contribution in [3.8, 4) is 11.5 Å². The lowest BCUT2D eigenvalue weighted by molar-refractivity contribution is -0.0140. The van der Waals surface area contributed by atoms with E-state index >= 15 is 0 Å². The SMILES string of the molecule is COc1cc2c(Nc3ccc(Cl)c(Cl)c3F)ncnc2cc1O[C@H]1CO[C@H]2[C@@H]1OC[C@@H]2OC.Cl. The van der Waals surface area contributed by atoms with Gasteiger partial charge < -0.3 is 29.0 Å². The maximum absolute atomic E-state index is 14.5. The Hall–Kier alpha value is -2.14. The summed E-state index contributed by atoms with van der Waals surface area (Å²) in [6, 6.07) is 6.45. The van der Waals surface area contributed by atoms with Gasteiger partial charge in [-0.1, -0.05) is 23.2 Å². The van der Waals surface area contributed by atoms with Crippen molar-refractivity contribution in [2.24, 2.45) is 0 Å². The molecule has 1 N–H and O–H groups in total. The van der Waals surface area contributed by atoms with Crippen LogP contribution in [-0.2, 0) is 14.2 Å². The van der Waals surface area contributed by atoms with Gasteiger partial charge in [-0.3, -0.25) is 0 Å². The molecule has 3 aromatic rings. The zero-order chi connectivity index (χ0) is 23.1. The molecule has 4 atom stereocenters. The number of methoxy groups -OCH3 is 2. The van der Waals surface area contributed by atoms with Crippen LogP contribution in [0.4, 0.5) is 15.9 Å². The molecular weight excluding hydrogens is 512 g/mol. The lowest BCUT2D eigenvalue weighted by Crippen LogP contribution is -2.35. The number of nitrogens with zero attached hydrogens (tertiary/aromatic N) is 2. The highest BCUT2D eigenvalue weighted by Gasteiger charge is 2.49. The van der Waals surface area contributed by atoms with Crippen molar-refractivity contribution >= 4 is 58.0 Å². The second kappa shape index (κ2) is 10.2. The van der Waals surface area contributed by atoms with Crippen molar-refractivity contribution in [3.63, 3.8) is 0 Å². The summed E-state index contributed by atoms with van der Waals surface area (Å²) in [6.07, 6.45) is 0.506. The van der Waals surface area contributed by atoms with E-state index in [2.05, 4.69) is 15.3 Å². The summed E-state index contributed by atoms with van der Waals surface area (Å²) >= 11 is 11.8. The van der Waals surface area contributed by atoms with Gasteiger partial charge in [0, 0.05) is 18.6 Å². The Balaban J connectivity index is 0.00000274. The third-order valence-corrected chi connectivity index (χ3v) is 6.53.